The van der Waals surface area contributed by atoms with Crippen molar-refractivity contribution in [2.45, 2.75) is 12.8 Å². The van der Waals surface area contributed by atoms with Gasteiger partial charge in [-0.3, -0.25) is 24.8 Å². The van der Waals surface area contributed by atoms with Gasteiger partial charge in [0.05, 0.1) is 9.85 Å². The van der Waals surface area contributed by atoms with Crippen LogP contribution in [0.2, 0.25) is 0 Å². The molecule has 0 saturated heterocycles. The Kier molecular flexibility index (Phi) is 10.3. The lowest BCUT2D eigenvalue weighted by atomic mass is 10.1. The van der Waals surface area contributed by atoms with E-state index in [0.29, 0.717) is 11.1 Å². The Morgan fingerprint density at radius 1 is 0.818 bits per heavy atom. The number of nitro benzene ring substituents is 2. The highest BCUT2D eigenvalue weighted by Gasteiger charge is 2.43. The number of nitrogens with zero attached hydrogens (tertiary/aromatic N) is 2. The predicted octanol–water partition coefficient (Wildman–Crippen LogP) is 5.49. The van der Waals surface area contributed by atoms with Crippen molar-refractivity contribution in [3.05, 3.63) is 79.9 Å². The standard InChI is InChI=1S/C17H19N2O11P3/c1-33(26,29-31(24)27-10-8-14-4-2-6-16(12-14)18(20)21)30-32(25)28-11-9-15-5-3-7-17(13-15)19(22)23/h2-7,12-13H,8-11H2,1H3/q+2. The quantitative estimate of drug-likeness (QED) is 0.175. The molecule has 0 heterocycles. The molecule has 33 heavy (non-hydrogen) atoms. The second-order valence-corrected chi connectivity index (χ2v) is 10.7. The van der Waals surface area contributed by atoms with E-state index in [1.54, 1.807) is 12.1 Å². The van der Waals surface area contributed by atoms with E-state index in [4.69, 9.17) is 9.05 Å². The molecule has 0 amide bonds. The van der Waals surface area contributed by atoms with E-state index in [2.05, 4.69) is 8.62 Å². The molecule has 2 unspecified atom stereocenters. The van der Waals surface area contributed by atoms with Crippen molar-refractivity contribution >= 4 is 35.5 Å². The molecule has 0 bridgehead atoms. The van der Waals surface area contributed by atoms with Crippen molar-refractivity contribution < 1.29 is 41.2 Å². The molecule has 0 N–H and O–H groups in total. The summed E-state index contributed by atoms with van der Waals surface area (Å²) in [6.07, 6.45) is 0.353. The van der Waals surface area contributed by atoms with Gasteiger partial charge in [0.25, 0.3) is 11.4 Å². The Hall–Kier alpha value is -2.49. The van der Waals surface area contributed by atoms with E-state index in [1.165, 1.54) is 36.4 Å². The molecule has 13 nitrogen and oxygen atoms in total. The maximum Gasteiger partial charge on any atom is 0.706 e. The second-order valence-electron chi connectivity index (χ2n) is 6.40. The summed E-state index contributed by atoms with van der Waals surface area (Å²) in [7, 11) is -9.86. The van der Waals surface area contributed by atoms with Crippen molar-refractivity contribution in [1.82, 2.24) is 0 Å². The molecule has 176 valence electrons. The van der Waals surface area contributed by atoms with Crippen molar-refractivity contribution in [3.8, 4) is 0 Å². The van der Waals surface area contributed by atoms with E-state index in [0.717, 1.165) is 6.66 Å². The van der Waals surface area contributed by atoms with Gasteiger partial charge in [-0.2, -0.15) is 0 Å². The van der Waals surface area contributed by atoms with Gasteiger partial charge in [-0.05, 0) is 19.7 Å². The molecular formula is C17H19N2O11P3+2. The largest absolute Gasteiger partial charge is 0.706 e. The van der Waals surface area contributed by atoms with E-state index < -0.39 is 34.0 Å². The van der Waals surface area contributed by atoms with Crippen LogP contribution < -0.4 is 0 Å². The Bertz CT molecular complexity index is 1010. The smallest absolute Gasteiger partial charge is 0.258 e. The zero-order chi connectivity index (χ0) is 24.4. The zero-order valence-electron chi connectivity index (χ0n) is 17.2. The third kappa shape index (κ3) is 9.89. The number of rotatable bonds is 14. The minimum absolute atomic E-state index is 0.103. The van der Waals surface area contributed by atoms with Gasteiger partial charge in [-0.15, -0.1) is 9.05 Å². The van der Waals surface area contributed by atoms with Crippen LogP contribution in [0.1, 0.15) is 11.1 Å². The normalized spacial score (nSPS) is 13.7. The van der Waals surface area contributed by atoms with Gasteiger partial charge in [-0.1, -0.05) is 24.3 Å². The molecule has 2 aromatic carbocycles. The van der Waals surface area contributed by atoms with Crippen molar-refractivity contribution in [1.29, 1.82) is 0 Å². The highest BCUT2D eigenvalue weighted by molar-refractivity contribution is 7.64. The van der Waals surface area contributed by atoms with Crippen LogP contribution in [-0.4, -0.2) is 29.7 Å². The van der Waals surface area contributed by atoms with Gasteiger partial charge in [0.2, 0.25) is 0 Å². The molecule has 0 aliphatic heterocycles. The van der Waals surface area contributed by atoms with Crippen molar-refractivity contribution in [2.24, 2.45) is 0 Å². The van der Waals surface area contributed by atoms with Crippen LogP contribution in [0.15, 0.2) is 48.5 Å². The lowest BCUT2D eigenvalue weighted by Gasteiger charge is -1.99. The van der Waals surface area contributed by atoms with Gasteiger partial charge in [0, 0.05) is 52.9 Å². The summed E-state index contributed by atoms with van der Waals surface area (Å²) in [6.45, 7) is 0.631. The predicted molar refractivity (Wildman–Crippen MR) is 116 cm³/mol. The molecule has 2 atom stereocenters. The fraction of sp³-hybridized carbons (Fsp3) is 0.294. The van der Waals surface area contributed by atoms with Crippen LogP contribution in [0.5, 0.6) is 0 Å². The van der Waals surface area contributed by atoms with Crippen molar-refractivity contribution in [3.63, 3.8) is 0 Å². The highest BCUT2D eigenvalue weighted by Crippen LogP contribution is 2.58. The summed E-state index contributed by atoms with van der Waals surface area (Å²) in [5.41, 5.74) is 0.912. The molecule has 0 saturated carbocycles. The van der Waals surface area contributed by atoms with E-state index in [1.807, 2.05) is 0 Å². The van der Waals surface area contributed by atoms with Crippen molar-refractivity contribution in [2.75, 3.05) is 19.9 Å². The van der Waals surface area contributed by atoms with E-state index in [-0.39, 0.29) is 37.4 Å². The third-order valence-corrected chi connectivity index (χ3v) is 8.07. The molecule has 0 radical (unpaired) electrons. The van der Waals surface area contributed by atoms with E-state index >= 15 is 0 Å². The van der Waals surface area contributed by atoms with Crippen LogP contribution in [0.4, 0.5) is 11.4 Å². The molecule has 0 fully saturated rings. The fourth-order valence-corrected chi connectivity index (χ4v) is 5.61. The summed E-state index contributed by atoms with van der Waals surface area (Å²) < 4.78 is 55.1. The van der Waals surface area contributed by atoms with Gasteiger partial charge in [0.15, 0.2) is 0 Å². The Labute approximate surface area is 189 Å². The van der Waals surface area contributed by atoms with Crippen LogP contribution >= 0.6 is 24.1 Å². The average Bonchev–Trinajstić information content (AvgIpc) is 2.73. The highest BCUT2D eigenvalue weighted by atomic mass is 31.3. The molecule has 2 rings (SSSR count). The zero-order valence-corrected chi connectivity index (χ0v) is 19.9. The Morgan fingerprint density at radius 2 is 1.21 bits per heavy atom. The average molecular weight is 520 g/mol. The number of non-ortho nitro benzene ring substituents is 2. The molecule has 0 aromatic heterocycles. The maximum absolute atomic E-state index is 12.2. The first-order valence-corrected chi connectivity index (χ1v) is 13.4. The lowest BCUT2D eigenvalue weighted by Crippen LogP contribution is -1.97. The summed E-state index contributed by atoms with van der Waals surface area (Å²) in [5, 5.41) is 21.5. The van der Waals surface area contributed by atoms with Crippen LogP contribution in [0.3, 0.4) is 0 Å². The number of benzene rings is 2. The Balaban J connectivity index is 1.72. The summed E-state index contributed by atoms with van der Waals surface area (Å²) >= 11 is 0. The van der Waals surface area contributed by atoms with Crippen LogP contribution in [0.25, 0.3) is 0 Å². The van der Waals surface area contributed by atoms with Gasteiger partial charge in [0.1, 0.15) is 13.2 Å². The third-order valence-electron chi connectivity index (χ3n) is 3.85. The van der Waals surface area contributed by atoms with Gasteiger partial charge < -0.3 is 0 Å². The number of hydrogen-bond donors (Lipinski definition) is 0. The number of hydrogen-bond acceptors (Lipinski definition) is 11. The number of nitro groups is 2. The van der Waals surface area contributed by atoms with Crippen LogP contribution in [0, 0.1) is 20.2 Å². The minimum Gasteiger partial charge on any atom is -0.258 e. The second kappa shape index (κ2) is 12.7. The molecule has 0 aliphatic rings. The first-order valence-electron chi connectivity index (χ1n) is 9.20. The SMILES string of the molecule is CP(=O)(O[P+](=O)OCCc1cccc([N+](=O)[O-])c1)O[P+](=O)OCCc1cccc([N+](=O)[O-])c1. The topological polar surface area (TPSA) is 174 Å². The summed E-state index contributed by atoms with van der Waals surface area (Å²) in [5.74, 6) is 0. The first kappa shape index (κ1) is 26.8. The fourth-order valence-electron chi connectivity index (χ4n) is 2.43. The minimum atomic E-state index is -4.07. The first-order chi connectivity index (χ1) is 15.6. The summed E-state index contributed by atoms with van der Waals surface area (Å²) in [4.78, 5) is 20.4. The summed E-state index contributed by atoms with van der Waals surface area (Å²) in [6, 6.07) is 11.5. The molecule has 0 spiro atoms. The Morgan fingerprint density at radius 3 is 1.58 bits per heavy atom. The lowest BCUT2D eigenvalue weighted by molar-refractivity contribution is -0.385. The molecule has 16 heteroatoms. The monoisotopic (exact) mass is 520 g/mol. The van der Waals surface area contributed by atoms with Gasteiger partial charge in [-0.25, -0.2) is 0 Å². The van der Waals surface area contributed by atoms with E-state index in [9.17, 15) is 33.9 Å². The maximum atomic E-state index is 12.2. The molecule has 2 aromatic rings. The molecule has 0 aliphatic carbocycles. The van der Waals surface area contributed by atoms with Gasteiger partial charge >= 0.3 is 24.1 Å². The molecular weight excluding hydrogens is 501 g/mol. The van der Waals surface area contributed by atoms with Crippen LogP contribution in [-0.2, 0) is 44.2 Å².